The molecule has 1 saturated heterocycles. The van der Waals surface area contributed by atoms with Gasteiger partial charge in [-0.05, 0) is 18.6 Å². The number of rotatable bonds is 5. The monoisotopic (exact) mass is 378 g/mol. The third-order valence-electron chi connectivity index (χ3n) is 3.58. The Kier molecular flexibility index (Phi) is 6.65. The van der Waals surface area contributed by atoms with Gasteiger partial charge < -0.3 is 20.1 Å². The highest BCUT2D eigenvalue weighted by Crippen LogP contribution is 2.32. The lowest BCUT2D eigenvalue weighted by atomic mass is 10.1. The van der Waals surface area contributed by atoms with Gasteiger partial charge in [-0.25, -0.2) is 9.18 Å². The summed E-state index contributed by atoms with van der Waals surface area (Å²) >= 11 is 11.8. The van der Waals surface area contributed by atoms with Crippen LogP contribution in [0, 0.1) is 5.82 Å². The predicted octanol–water partition coefficient (Wildman–Crippen LogP) is 3.08. The number of benzene rings is 1. The van der Waals surface area contributed by atoms with Gasteiger partial charge in [0.1, 0.15) is 11.9 Å². The third kappa shape index (κ3) is 4.96. The number of morpholine rings is 1. The molecule has 24 heavy (non-hydrogen) atoms. The second-order valence-electron chi connectivity index (χ2n) is 5.32. The summed E-state index contributed by atoms with van der Waals surface area (Å²) in [5, 5.41) is 11.4. The molecule has 2 N–H and O–H groups in total. The summed E-state index contributed by atoms with van der Waals surface area (Å²) in [6.45, 7) is 1.15. The number of carbonyl (C=O) groups excluding carboxylic acids is 1. The molecule has 1 aliphatic rings. The molecule has 0 radical (unpaired) electrons. The summed E-state index contributed by atoms with van der Waals surface area (Å²) in [7, 11) is 0. The lowest BCUT2D eigenvalue weighted by molar-refractivity contribution is -0.137. The molecule has 1 fully saturated rings. The molecule has 2 amide bonds. The van der Waals surface area contributed by atoms with Crippen LogP contribution in [0.2, 0.25) is 10.0 Å². The number of carbonyl (C=O) groups is 2. The maximum Gasteiger partial charge on any atom is 0.317 e. The summed E-state index contributed by atoms with van der Waals surface area (Å²) in [6.07, 6.45) is -0.211. The van der Waals surface area contributed by atoms with E-state index in [1.54, 1.807) is 0 Å². The Balaban J connectivity index is 1.95. The summed E-state index contributed by atoms with van der Waals surface area (Å²) in [5.41, 5.74) is 0.432. The summed E-state index contributed by atoms with van der Waals surface area (Å²) < 4.78 is 19.2. The van der Waals surface area contributed by atoms with Crippen molar-refractivity contribution >= 4 is 35.2 Å². The van der Waals surface area contributed by atoms with Gasteiger partial charge >= 0.3 is 12.0 Å². The first-order chi connectivity index (χ1) is 11.4. The molecule has 1 unspecified atom stereocenters. The molecule has 132 valence electrons. The van der Waals surface area contributed by atoms with Crippen molar-refractivity contribution in [2.24, 2.45) is 0 Å². The van der Waals surface area contributed by atoms with Crippen molar-refractivity contribution in [2.75, 3.05) is 26.2 Å². The Hall–Kier alpha value is -1.57. The fourth-order valence-electron chi connectivity index (χ4n) is 2.35. The number of carboxylic acids is 1. The van der Waals surface area contributed by atoms with E-state index >= 15 is 0 Å². The Labute approximate surface area is 148 Å². The quantitative estimate of drug-likeness (QED) is 0.609. The number of hydrogen-bond acceptors (Lipinski definition) is 3. The van der Waals surface area contributed by atoms with E-state index in [0.717, 1.165) is 0 Å². The van der Waals surface area contributed by atoms with E-state index in [1.165, 1.54) is 17.0 Å². The van der Waals surface area contributed by atoms with Crippen molar-refractivity contribution in [3.63, 3.8) is 0 Å². The van der Waals surface area contributed by atoms with Crippen LogP contribution in [0.15, 0.2) is 12.1 Å². The lowest BCUT2D eigenvalue weighted by Gasteiger charge is -2.33. The average molecular weight is 379 g/mol. The first kappa shape index (κ1) is 18.8. The van der Waals surface area contributed by atoms with Crippen molar-refractivity contribution in [1.29, 1.82) is 0 Å². The molecule has 1 aliphatic heterocycles. The minimum atomic E-state index is -0.907. The van der Waals surface area contributed by atoms with Crippen LogP contribution in [-0.4, -0.2) is 48.2 Å². The topological polar surface area (TPSA) is 78.9 Å². The number of urea groups is 1. The molecule has 1 atom stereocenters. The van der Waals surface area contributed by atoms with E-state index in [4.69, 9.17) is 33.0 Å². The molecule has 1 aromatic carbocycles. The normalized spacial score (nSPS) is 17.6. The molecule has 2 rings (SSSR count). The molecule has 0 spiro atoms. The number of nitrogens with one attached hydrogen (secondary N) is 1. The zero-order valence-electron chi connectivity index (χ0n) is 12.7. The first-order valence-electron chi connectivity index (χ1n) is 7.39. The van der Waals surface area contributed by atoms with Crippen molar-refractivity contribution in [3.05, 3.63) is 33.6 Å². The van der Waals surface area contributed by atoms with Gasteiger partial charge in [0, 0.05) is 30.1 Å². The highest BCUT2D eigenvalue weighted by atomic mass is 35.5. The smallest absolute Gasteiger partial charge is 0.317 e. The number of carboxylic acid groups (broad SMARTS) is 1. The maximum atomic E-state index is 13.7. The SMILES string of the molecule is O=C(O)CCCNC(=O)N1CCOC(c2cc(F)c(Cl)cc2Cl)C1. The van der Waals surface area contributed by atoms with Gasteiger partial charge in [0.25, 0.3) is 0 Å². The zero-order valence-corrected chi connectivity index (χ0v) is 14.2. The van der Waals surface area contributed by atoms with Crippen LogP contribution in [0.3, 0.4) is 0 Å². The number of ether oxygens (including phenoxy) is 1. The van der Waals surface area contributed by atoms with Crippen LogP contribution in [-0.2, 0) is 9.53 Å². The highest BCUT2D eigenvalue weighted by molar-refractivity contribution is 6.35. The number of aliphatic carboxylic acids is 1. The molecule has 6 nitrogen and oxygen atoms in total. The summed E-state index contributed by atoms with van der Waals surface area (Å²) in [6, 6.07) is 2.20. The number of hydrogen-bond donors (Lipinski definition) is 2. The molecule has 0 aromatic heterocycles. The van der Waals surface area contributed by atoms with E-state index in [2.05, 4.69) is 5.32 Å². The maximum absolute atomic E-state index is 13.7. The summed E-state index contributed by atoms with van der Waals surface area (Å²) in [5.74, 6) is -1.51. The van der Waals surface area contributed by atoms with E-state index in [9.17, 15) is 14.0 Å². The van der Waals surface area contributed by atoms with Crippen LogP contribution in [0.5, 0.6) is 0 Å². The van der Waals surface area contributed by atoms with Crippen LogP contribution < -0.4 is 5.32 Å². The van der Waals surface area contributed by atoms with Gasteiger partial charge in [0.05, 0.1) is 18.2 Å². The molecule has 1 heterocycles. The largest absolute Gasteiger partial charge is 0.481 e. The second kappa shape index (κ2) is 8.50. The number of halogens is 3. The number of amides is 2. The van der Waals surface area contributed by atoms with Crippen molar-refractivity contribution in [1.82, 2.24) is 10.2 Å². The molecule has 9 heteroatoms. The van der Waals surface area contributed by atoms with E-state index in [-0.39, 0.29) is 42.2 Å². The van der Waals surface area contributed by atoms with Gasteiger partial charge in [0.2, 0.25) is 0 Å². The predicted molar refractivity (Wildman–Crippen MR) is 87.0 cm³/mol. The summed E-state index contributed by atoms with van der Waals surface area (Å²) in [4.78, 5) is 24.1. The second-order valence-corrected chi connectivity index (χ2v) is 6.14. The Morgan fingerprint density at radius 3 is 2.83 bits per heavy atom. The molecule has 1 aromatic rings. The van der Waals surface area contributed by atoms with Crippen LogP contribution in [0.1, 0.15) is 24.5 Å². The van der Waals surface area contributed by atoms with Gasteiger partial charge in [-0.1, -0.05) is 23.2 Å². The highest BCUT2D eigenvalue weighted by Gasteiger charge is 2.27. The van der Waals surface area contributed by atoms with Gasteiger partial charge in [-0.3, -0.25) is 4.79 Å². The third-order valence-corrected chi connectivity index (χ3v) is 4.20. The Morgan fingerprint density at radius 2 is 2.12 bits per heavy atom. The van der Waals surface area contributed by atoms with Gasteiger partial charge in [-0.15, -0.1) is 0 Å². The molecule has 0 saturated carbocycles. The van der Waals surface area contributed by atoms with E-state index in [0.29, 0.717) is 18.5 Å². The van der Waals surface area contributed by atoms with E-state index < -0.39 is 17.9 Å². The fraction of sp³-hybridized carbons (Fsp3) is 0.467. The van der Waals surface area contributed by atoms with Gasteiger partial charge in [0.15, 0.2) is 0 Å². The molecule has 0 aliphatic carbocycles. The van der Waals surface area contributed by atoms with Crippen LogP contribution >= 0.6 is 23.2 Å². The molecule has 0 bridgehead atoms. The first-order valence-corrected chi connectivity index (χ1v) is 8.14. The number of nitrogens with zero attached hydrogens (tertiary/aromatic N) is 1. The van der Waals surface area contributed by atoms with E-state index in [1.807, 2.05) is 0 Å². The van der Waals surface area contributed by atoms with Crippen LogP contribution in [0.25, 0.3) is 0 Å². The van der Waals surface area contributed by atoms with Crippen molar-refractivity contribution in [3.8, 4) is 0 Å². The lowest BCUT2D eigenvalue weighted by Crippen LogP contribution is -2.47. The Morgan fingerprint density at radius 1 is 1.38 bits per heavy atom. The zero-order chi connectivity index (χ0) is 17.7. The standard InChI is InChI=1S/C15H17Cl2FN2O4/c16-10-7-11(17)12(18)6-9(10)13-8-20(4-5-24-13)15(23)19-3-1-2-14(21)22/h6-7,13H,1-5,8H2,(H,19,23)(H,21,22). The minimum absolute atomic E-state index is 0.00826. The minimum Gasteiger partial charge on any atom is -0.481 e. The van der Waals surface area contributed by atoms with Crippen molar-refractivity contribution in [2.45, 2.75) is 18.9 Å². The molecular weight excluding hydrogens is 362 g/mol. The average Bonchev–Trinajstić information content (AvgIpc) is 2.54. The molecular formula is C15H17Cl2FN2O4. The van der Waals surface area contributed by atoms with Crippen LogP contribution in [0.4, 0.5) is 9.18 Å². The van der Waals surface area contributed by atoms with Crippen molar-refractivity contribution < 1.29 is 23.8 Å². The van der Waals surface area contributed by atoms with Gasteiger partial charge in [-0.2, -0.15) is 0 Å². The fourth-order valence-corrected chi connectivity index (χ4v) is 2.86. The Bertz CT molecular complexity index is 630.